The summed E-state index contributed by atoms with van der Waals surface area (Å²) < 4.78 is 2.39. The molecule has 1 nitrogen and oxygen atoms in total. The average Bonchev–Trinajstić information content (AvgIpc) is 3.42. The molecule has 0 N–H and O–H groups in total. The number of benzene rings is 4. The van der Waals surface area contributed by atoms with Crippen LogP contribution in [0.1, 0.15) is 55.7 Å². The molecule has 1 fully saturated rings. The molecule has 0 aliphatic heterocycles. The zero-order chi connectivity index (χ0) is 26.6. The van der Waals surface area contributed by atoms with Crippen molar-refractivity contribution in [2.75, 3.05) is 0 Å². The Morgan fingerprint density at radius 1 is 0.795 bits per heavy atom. The molecular weight excluding hydrogens is 494 g/mol. The summed E-state index contributed by atoms with van der Waals surface area (Å²) in [5.74, 6) is 0. The monoisotopic (exact) mass is 525 g/mol. The van der Waals surface area contributed by atoms with Crippen LogP contribution in [0.5, 0.6) is 0 Å². The molecule has 1 spiro atoms. The van der Waals surface area contributed by atoms with Gasteiger partial charge in [-0.05, 0) is 89.6 Å². The fourth-order valence-corrected chi connectivity index (χ4v) is 7.32. The number of fused-ring (bicyclic) bond motifs is 8. The summed E-state index contributed by atoms with van der Waals surface area (Å²) in [5.41, 5.74) is 12.0. The molecule has 0 radical (unpaired) electrons. The molecule has 0 amide bonds. The molecule has 0 unspecified atom stereocenters. The summed E-state index contributed by atoms with van der Waals surface area (Å²) in [6.45, 7) is 5.90. The molecule has 2 heteroatoms. The van der Waals surface area contributed by atoms with Crippen LogP contribution in [0.3, 0.4) is 0 Å². The molecule has 7 rings (SSSR count). The number of aromatic nitrogens is 1. The molecule has 4 aromatic carbocycles. The molecule has 1 heterocycles. The highest BCUT2D eigenvalue weighted by Crippen LogP contribution is 2.57. The van der Waals surface area contributed by atoms with Crippen molar-refractivity contribution in [3.8, 4) is 16.8 Å². The smallest absolute Gasteiger partial charge is 0.0555 e. The van der Waals surface area contributed by atoms with Gasteiger partial charge in [-0.3, -0.25) is 0 Å². The third-order valence-corrected chi connectivity index (χ3v) is 9.23. The SMILES string of the molecule is C=C/C=C\C=C(/C)c1ccc(-n2c3cc(Cl)ccc3c3cc4c(cc32)-c2ccccc2C42CCCCC2)cc1. The van der Waals surface area contributed by atoms with E-state index >= 15 is 0 Å². The fraction of sp³-hybridized carbons (Fsp3) is 0.189. The lowest BCUT2D eigenvalue weighted by Crippen LogP contribution is -2.27. The summed E-state index contributed by atoms with van der Waals surface area (Å²) in [6.07, 6.45) is 14.3. The van der Waals surface area contributed by atoms with E-state index in [0.29, 0.717) is 0 Å². The van der Waals surface area contributed by atoms with Gasteiger partial charge in [0.1, 0.15) is 0 Å². The molecule has 2 aliphatic rings. The van der Waals surface area contributed by atoms with Crippen molar-refractivity contribution in [1.29, 1.82) is 0 Å². The molecule has 39 heavy (non-hydrogen) atoms. The Morgan fingerprint density at radius 3 is 2.36 bits per heavy atom. The maximum absolute atomic E-state index is 6.58. The second-order valence-electron chi connectivity index (χ2n) is 11.1. The lowest BCUT2D eigenvalue weighted by Gasteiger charge is -2.36. The number of hydrogen-bond donors (Lipinski definition) is 0. The van der Waals surface area contributed by atoms with Crippen molar-refractivity contribution < 1.29 is 0 Å². The number of nitrogens with zero attached hydrogens (tertiary/aromatic N) is 1. The van der Waals surface area contributed by atoms with E-state index in [9.17, 15) is 0 Å². The van der Waals surface area contributed by atoms with E-state index in [1.165, 1.54) is 81.8 Å². The minimum Gasteiger partial charge on any atom is -0.309 e. The maximum atomic E-state index is 6.58. The standard InChI is InChI=1S/C37H32ClN/c1-3-4-6-11-25(2)26-14-17-28(18-15-26)39-35-22-27(38)16-19-30(35)32-23-34-31(24-36(32)39)29-12-7-8-13-33(29)37(34)20-9-5-10-21-37/h3-4,6-8,11-19,22-24H,1,5,9-10,20-21H2,2H3/b6-4-,25-11+. The van der Waals surface area contributed by atoms with Gasteiger partial charge in [-0.15, -0.1) is 0 Å². The quantitative estimate of drug-likeness (QED) is 0.205. The van der Waals surface area contributed by atoms with Crippen molar-refractivity contribution >= 4 is 39.0 Å². The molecule has 2 aliphatic carbocycles. The fourth-order valence-electron chi connectivity index (χ4n) is 7.16. The molecule has 5 aromatic rings. The maximum Gasteiger partial charge on any atom is 0.0555 e. The molecule has 0 bridgehead atoms. The van der Waals surface area contributed by atoms with E-state index in [-0.39, 0.29) is 5.41 Å². The lowest BCUT2D eigenvalue weighted by molar-refractivity contribution is 0.353. The largest absolute Gasteiger partial charge is 0.309 e. The highest BCUT2D eigenvalue weighted by molar-refractivity contribution is 6.31. The zero-order valence-electron chi connectivity index (χ0n) is 22.4. The van der Waals surface area contributed by atoms with Crippen LogP contribution in [-0.2, 0) is 5.41 Å². The molecule has 0 atom stereocenters. The molecule has 1 saturated carbocycles. The van der Waals surface area contributed by atoms with E-state index in [0.717, 1.165) is 16.2 Å². The summed E-state index contributed by atoms with van der Waals surface area (Å²) in [7, 11) is 0. The van der Waals surface area contributed by atoms with Gasteiger partial charge in [0.15, 0.2) is 0 Å². The van der Waals surface area contributed by atoms with Crippen LogP contribution < -0.4 is 0 Å². The summed E-state index contributed by atoms with van der Waals surface area (Å²) in [5, 5.41) is 3.33. The van der Waals surface area contributed by atoms with Crippen LogP contribution in [0.15, 0.2) is 110 Å². The number of rotatable bonds is 4. The lowest BCUT2D eigenvalue weighted by atomic mass is 9.68. The topological polar surface area (TPSA) is 4.93 Å². The van der Waals surface area contributed by atoms with Gasteiger partial charge in [-0.2, -0.15) is 0 Å². The van der Waals surface area contributed by atoms with E-state index in [1.807, 2.05) is 18.2 Å². The van der Waals surface area contributed by atoms with Gasteiger partial charge in [0, 0.05) is 26.9 Å². The van der Waals surface area contributed by atoms with Gasteiger partial charge in [0.05, 0.1) is 11.0 Å². The van der Waals surface area contributed by atoms with Crippen molar-refractivity contribution in [2.24, 2.45) is 0 Å². The average molecular weight is 526 g/mol. The van der Waals surface area contributed by atoms with Crippen LogP contribution in [0.2, 0.25) is 5.02 Å². The molecular formula is C37H32ClN. The highest BCUT2D eigenvalue weighted by atomic mass is 35.5. The van der Waals surface area contributed by atoms with E-state index in [2.05, 4.69) is 96.9 Å². The van der Waals surface area contributed by atoms with Crippen molar-refractivity contribution in [2.45, 2.75) is 44.4 Å². The number of halogens is 1. The first-order valence-electron chi connectivity index (χ1n) is 14.1. The van der Waals surface area contributed by atoms with Crippen molar-refractivity contribution in [3.63, 3.8) is 0 Å². The van der Waals surface area contributed by atoms with E-state index in [1.54, 1.807) is 6.08 Å². The summed E-state index contributed by atoms with van der Waals surface area (Å²) in [6, 6.07) is 29.4. The Hall–Kier alpha value is -3.81. The predicted molar refractivity (Wildman–Crippen MR) is 168 cm³/mol. The van der Waals surface area contributed by atoms with Crippen LogP contribution in [-0.4, -0.2) is 4.57 Å². The van der Waals surface area contributed by atoms with Crippen LogP contribution in [0, 0.1) is 0 Å². The Kier molecular flexibility index (Phi) is 5.86. The predicted octanol–water partition coefficient (Wildman–Crippen LogP) is 10.8. The minimum absolute atomic E-state index is 0.144. The Balaban J connectivity index is 1.47. The second-order valence-corrected chi connectivity index (χ2v) is 11.6. The Labute approximate surface area is 235 Å². The highest BCUT2D eigenvalue weighted by Gasteiger charge is 2.44. The van der Waals surface area contributed by atoms with Gasteiger partial charge in [0.25, 0.3) is 0 Å². The van der Waals surface area contributed by atoms with Gasteiger partial charge in [-0.1, -0.05) is 104 Å². The second kappa shape index (κ2) is 9.43. The molecule has 1 aromatic heterocycles. The zero-order valence-corrected chi connectivity index (χ0v) is 23.1. The van der Waals surface area contributed by atoms with Crippen molar-refractivity contribution in [3.05, 3.63) is 131 Å². The Morgan fingerprint density at radius 2 is 1.56 bits per heavy atom. The number of hydrogen-bond acceptors (Lipinski definition) is 0. The first-order chi connectivity index (χ1) is 19.1. The minimum atomic E-state index is 0.144. The number of allylic oxidation sites excluding steroid dienone is 5. The van der Waals surface area contributed by atoms with Crippen LogP contribution in [0.25, 0.3) is 44.2 Å². The van der Waals surface area contributed by atoms with Gasteiger partial charge < -0.3 is 4.57 Å². The summed E-state index contributed by atoms with van der Waals surface area (Å²) in [4.78, 5) is 0. The first-order valence-corrected chi connectivity index (χ1v) is 14.4. The van der Waals surface area contributed by atoms with E-state index in [4.69, 9.17) is 11.6 Å². The van der Waals surface area contributed by atoms with Gasteiger partial charge >= 0.3 is 0 Å². The van der Waals surface area contributed by atoms with Crippen LogP contribution >= 0.6 is 11.6 Å². The van der Waals surface area contributed by atoms with E-state index < -0.39 is 0 Å². The normalized spacial score (nSPS) is 16.3. The van der Waals surface area contributed by atoms with Gasteiger partial charge in [0.2, 0.25) is 0 Å². The third kappa shape index (κ3) is 3.75. The molecule has 0 saturated heterocycles. The van der Waals surface area contributed by atoms with Crippen LogP contribution in [0.4, 0.5) is 0 Å². The molecule has 192 valence electrons. The van der Waals surface area contributed by atoms with Crippen molar-refractivity contribution in [1.82, 2.24) is 4.57 Å². The van der Waals surface area contributed by atoms with Gasteiger partial charge in [-0.25, -0.2) is 0 Å². The first kappa shape index (κ1) is 24.2. The summed E-state index contributed by atoms with van der Waals surface area (Å²) >= 11 is 6.58. The Bertz CT molecular complexity index is 1810. The third-order valence-electron chi connectivity index (χ3n) is 9.00.